The van der Waals surface area contributed by atoms with Crippen LogP contribution in [0.1, 0.15) is 51.7 Å². The van der Waals surface area contributed by atoms with E-state index in [1.807, 2.05) is 18.3 Å². The van der Waals surface area contributed by atoms with Gasteiger partial charge < -0.3 is 4.57 Å². The zero-order chi connectivity index (χ0) is 41.0. The molecule has 0 N–H and O–H groups in total. The molecule has 0 unspecified atom stereocenters. The lowest BCUT2D eigenvalue weighted by Gasteiger charge is -2.42. The lowest BCUT2D eigenvalue weighted by atomic mass is 9.63. The van der Waals surface area contributed by atoms with Crippen LogP contribution in [0, 0.1) is 0 Å². The van der Waals surface area contributed by atoms with Gasteiger partial charge in [0.2, 0.25) is 0 Å². The predicted molar refractivity (Wildman–Crippen MR) is 251 cm³/mol. The summed E-state index contributed by atoms with van der Waals surface area (Å²) in [6, 6.07) is 54.0. The number of hydrogen-bond donors (Lipinski definition) is 0. The highest BCUT2D eigenvalue weighted by Crippen LogP contribution is 2.49. The molecule has 1 aliphatic rings. The molecule has 0 saturated heterocycles. The molecule has 12 rings (SSSR count). The van der Waals surface area contributed by atoms with E-state index in [9.17, 15) is 0 Å². The van der Waals surface area contributed by atoms with E-state index < -0.39 is 0 Å². The highest BCUT2D eigenvalue weighted by molar-refractivity contribution is 6.21. The number of pyridine rings is 2. The van der Waals surface area contributed by atoms with E-state index in [-0.39, 0.29) is 10.8 Å². The van der Waals surface area contributed by atoms with Crippen LogP contribution in [0.25, 0.3) is 105 Å². The Morgan fingerprint density at radius 2 is 1.10 bits per heavy atom. The average Bonchev–Trinajstić information content (AvgIpc) is 3.64. The Bertz CT molecular complexity index is 3610. The quantitative estimate of drug-likeness (QED) is 0.166. The Morgan fingerprint density at radius 1 is 0.459 bits per heavy atom. The summed E-state index contributed by atoms with van der Waals surface area (Å²) >= 11 is 0. The molecule has 0 radical (unpaired) electrons. The van der Waals surface area contributed by atoms with Crippen LogP contribution in [0.15, 0.2) is 158 Å². The first-order valence-electron chi connectivity index (χ1n) is 21.2. The van der Waals surface area contributed by atoms with Crippen molar-refractivity contribution < 1.29 is 0 Å². The first-order chi connectivity index (χ1) is 29.7. The maximum absolute atomic E-state index is 5.27. The van der Waals surface area contributed by atoms with E-state index in [0.717, 1.165) is 62.2 Å². The van der Waals surface area contributed by atoms with E-state index in [4.69, 9.17) is 24.9 Å². The molecular formula is C55H42N6. The minimum absolute atomic E-state index is 0.0582. The molecule has 11 aromatic rings. The van der Waals surface area contributed by atoms with Crippen molar-refractivity contribution in [3.63, 3.8) is 0 Å². The van der Waals surface area contributed by atoms with Crippen LogP contribution in [-0.2, 0) is 10.8 Å². The van der Waals surface area contributed by atoms with Gasteiger partial charge in [-0.05, 0) is 98.8 Å². The second-order valence-corrected chi connectivity index (χ2v) is 18.0. The van der Waals surface area contributed by atoms with Crippen LogP contribution in [0.2, 0.25) is 0 Å². The van der Waals surface area contributed by atoms with Crippen molar-refractivity contribution in [1.82, 2.24) is 29.5 Å². The van der Waals surface area contributed by atoms with Gasteiger partial charge in [0.05, 0.1) is 22.1 Å². The molecule has 1 aliphatic carbocycles. The normalized spacial score (nSPS) is 14.7. The standard InChI is InChI=1S/C55H42N6/c1-54(2)27-28-55(3,4)44-32-47-42(31-43(44)54)48-40-19-8-6-13-34(40)24-26-46(48)61(47)38-17-9-15-37(30-38)51-58-52(41-20-10-14-33-12-5-7-18-39(33)41)60-53(59-51)45-25-23-36-22-21-35-16-11-29-56-49(35)50(36)57-45/h5-26,29-32H,27-28H2,1-4H3. The molecule has 6 heteroatoms. The fraction of sp³-hybridized carbons (Fsp3) is 0.145. The van der Waals surface area contributed by atoms with Crippen molar-refractivity contribution in [2.75, 3.05) is 0 Å². The third kappa shape index (κ3) is 5.59. The second-order valence-electron chi connectivity index (χ2n) is 18.0. The molecule has 0 saturated carbocycles. The van der Waals surface area contributed by atoms with Crippen molar-refractivity contribution in [1.29, 1.82) is 0 Å². The van der Waals surface area contributed by atoms with Crippen molar-refractivity contribution in [2.24, 2.45) is 0 Å². The zero-order valence-electron chi connectivity index (χ0n) is 34.6. The summed E-state index contributed by atoms with van der Waals surface area (Å²) in [6.45, 7) is 9.64. The van der Waals surface area contributed by atoms with E-state index in [0.29, 0.717) is 23.2 Å². The Labute approximate surface area is 353 Å². The molecule has 6 nitrogen and oxygen atoms in total. The second kappa shape index (κ2) is 13.1. The van der Waals surface area contributed by atoms with Crippen LogP contribution in [-0.4, -0.2) is 29.5 Å². The SMILES string of the molecule is CC1(C)CCC(C)(C)c2cc3c(cc21)c1c2ccccc2ccc1n3-c1cccc(-c2nc(-c3ccc4ccc5cccnc5c4n3)nc(-c3cccc4ccccc34)n2)c1. The summed E-state index contributed by atoms with van der Waals surface area (Å²) in [4.78, 5) is 25.6. The highest BCUT2D eigenvalue weighted by atomic mass is 15.1. The molecule has 0 atom stereocenters. The molecule has 292 valence electrons. The van der Waals surface area contributed by atoms with Gasteiger partial charge in [-0.2, -0.15) is 0 Å². The Kier molecular flexibility index (Phi) is 7.65. The average molecular weight is 787 g/mol. The van der Waals surface area contributed by atoms with Gasteiger partial charge in [-0.25, -0.2) is 19.9 Å². The maximum Gasteiger partial charge on any atom is 0.182 e. The fourth-order valence-electron chi connectivity index (χ4n) is 9.92. The van der Waals surface area contributed by atoms with Gasteiger partial charge in [0.1, 0.15) is 5.69 Å². The highest BCUT2D eigenvalue weighted by Gasteiger charge is 2.38. The van der Waals surface area contributed by atoms with Gasteiger partial charge in [0, 0.05) is 44.6 Å². The minimum atomic E-state index is 0.0582. The summed E-state index contributed by atoms with van der Waals surface area (Å²) < 4.78 is 2.45. The van der Waals surface area contributed by atoms with Gasteiger partial charge in [-0.3, -0.25) is 4.98 Å². The van der Waals surface area contributed by atoms with E-state index in [1.54, 1.807) is 0 Å². The van der Waals surface area contributed by atoms with Crippen molar-refractivity contribution in [2.45, 2.75) is 51.4 Å². The Hall–Kier alpha value is -7.31. The van der Waals surface area contributed by atoms with E-state index in [1.165, 1.54) is 43.7 Å². The lowest BCUT2D eigenvalue weighted by Crippen LogP contribution is -2.33. The van der Waals surface area contributed by atoms with Crippen molar-refractivity contribution in [3.05, 3.63) is 169 Å². The minimum Gasteiger partial charge on any atom is -0.309 e. The van der Waals surface area contributed by atoms with Gasteiger partial charge in [0.15, 0.2) is 17.5 Å². The summed E-state index contributed by atoms with van der Waals surface area (Å²) in [7, 11) is 0. The van der Waals surface area contributed by atoms with Crippen molar-refractivity contribution in [3.8, 4) is 40.0 Å². The number of nitrogens with zero attached hydrogens (tertiary/aromatic N) is 6. The molecule has 7 aromatic carbocycles. The predicted octanol–water partition coefficient (Wildman–Crippen LogP) is 13.7. The molecule has 61 heavy (non-hydrogen) atoms. The third-order valence-corrected chi connectivity index (χ3v) is 13.3. The Balaban J connectivity index is 1.11. The molecular weight excluding hydrogens is 745 g/mol. The molecule has 0 bridgehead atoms. The topological polar surface area (TPSA) is 69.4 Å². The van der Waals surface area contributed by atoms with Crippen LogP contribution in [0.4, 0.5) is 0 Å². The van der Waals surface area contributed by atoms with Crippen LogP contribution >= 0.6 is 0 Å². The van der Waals surface area contributed by atoms with Crippen LogP contribution in [0.3, 0.4) is 0 Å². The van der Waals surface area contributed by atoms with E-state index in [2.05, 4.69) is 172 Å². The monoisotopic (exact) mass is 786 g/mol. The van der Waals surface area contributed by atoms with Crippen LogP contribution in [0.5, 0.6) is 0 Å². The molecule has 0 fully saturated rings. The van der Waals surface area contributed by atoms with Gasteiger partial charge in [-0.1, -0.05) is 137 Å². The Morgan fingerprint density at radius 3 is 1.93 bits per heavy atom. The smallest absolute Gasteiger partial charge is 0.182 e. The van der Waals surface area contributed by atoms with Gasteiger partial charge >= 0.3 is 0 Å². The molecule has 4 heterocycles. The number of fused-ring (bicyclic) bond motifs is 10. The van der Waals surface area contributed by atoms with E-state index >= 15 is 0 Å². The first kappa shape index (κ1) is 35.6. The molecule has 0 aliphatic heterocycles. The van der Waals surface area contributed by atoms with Crippen molar-refractivity contribution >= 4 is 65.2 Å². The largest absolute Gasteiger partial charge is 0.309 e. The fourth-order valence-corrected chi connectivity index (χ4v) is 9.92. The van der Waals surface area contributed by atoms with Gasteiger partial charge in [0.25, 0.3) is 0 Å². The number of aromatic nitrogens is 6. The van der Waals surface area contributed by atoms with Gasteiger partial charge in [-0.15, -0.1) is 0 Å². The zero-order valence-corrected chi connectivity index (χ0v) is 34.6. The summed E-state index contributed by atoms with van der Waals surface area (Å²) in [5, 5.41) is 9.33. The summed E-state index contributed by atoms with van der Waals surface area (Å²) in [5.41, 5.74) is 10.6. The summed E-state index contributed by atoms with van der Waals surface area (Å²) in [6.07, 6.45) is 4.13. The maximum atomic E-state index is 5.27. The lowest BCUT2D eigenvalue weighted by molar-refractivity contribution is 0.332. The number of hydrogen-bond acceptors (Lipinski definition) is 5. The number of rotatable bonds is 4. The third-order valence-electron chi connectivity index (χ3n) is 13.3. The van der Waals surface area contributed by atoms with Crippen LogP contribution < -0.4 is 0 Å². The number of benzene rings is 7. The molecule has 0 amide bonds. The summed E-state index contributed by atoms with van der Waals surface area (Å²) in [5.74, 6) is 1.69. The molecule has 4 aromatic heterocycles. The first-order valence-corrected chi connectivity index (χ1v) is 21.2. The molecule has 0 spiro atoms.